The molecule has 1 fully saturated rings. The summed E-state index contributed by atoms with van der Waals surface area (Å²) in [4.78, 5) is 27.5. The Bertz CT molecular complexity index is 1630. The molecule has 2 amide bonds. The van der Waals surface area contributed by atoms with Crippen molar-refractivity contribution in [3.05, 3.63) is 137 Å². The standard InChI is InChI=1S/C33H28FN3O3/c1-22-10-12-23(13-11-22)27-7-3-4-8-28(27)32(38)36-25-14-15-29(30(34)18-25)33(39)37-16-17-40-21-26(37)20-35-19-24-6-2-5-9-31(24)37/h2-5,7-15,18-20,35H,6,16-17,21H2,1H3/p+1. The van der Waals surface area contributed by atoms with Crippen molar-refractivity contribution in [2.75, 3.05) is 25.1 Å². The van der Waals surface area contributed by atoms with Gasteiger partial charge in [0.25, 0.3) is 5.91 Å². The van der Waals surface area contributed by atoms with Gasteiger partial charge < -0.3 is 15.4 Å². The third kappa shape index (κ3) is 4.49. The number of hydrogen-bond acceptors (Lipinski definition) is 4. The highest BCUT2D eigenvalue weighted by Crippen LogP contribution is 2.40. The van der Waals surface area contributed by atoms with Crippen LogP contribution in [0.1, 0.15) is 32.7 Å². The van der Waals surface area contributed by atoms with Crippen LogP contribution in [-0.4, -0.2) is 36.1 Å². The normalized spacial score (nSPS) is 19.6. The smallest absolute Gasteiger partial charge is 0.358 e. The molecule has 0 spiro atoms. The molecule has 3 aliphatic rings. The van der Waals surface area contributed by atoms with Gasteiger partial charge in [-0.05, 0) is 48.7 Å². The second-order valence-corrected chi connectivity index (χ2v) is 10.1. The molecule has 6 nitrogen and oxygen atoms in total. The van der Waals surface area contributed by atoms with Gasteiger partial charge in [-0.1, -0.05) is 60.2 Å². The number of morpholine rings is 1. The average molecular weight is 535 g/mol. The third-order valence-corrected chi connectivity index (χ3v) is 7.63. The Morgan fingerprint density at radius 2 is 1.82 bits per heavy atom. The quantitative estimate of drug-likeness (QED) is 0.391. The Labute approximate surface area is 232 Å². The molecule has 0 radical (unpaired) electrons. The second-order valence-electron chi connectivity index (χ2n) is 10.1. The molecule has 1 aliphatic carbocycles. The van der Waals surface area contributed by atoms with Crippen LogP contribution in [0, 0.1) is 12.7 Å². The van der Waals surface area contributed by atoms with E-state index in [1.807, 2.05) is 67.7 Å². The Kier molecular flexibility index (Phi) is 6.76. The molecule has 1 unspecified atom stereocenters. The fourth-order valence-electron chi connectivity index (χ4n) is 5.55. The maximum atomic E-state index is 15.7. The summed E-state index contributed by atoms with van der Waals surface area (Å²) in [6.45, 7) is 3.00. The van der Waals surface area contributed by atoms with Crippen molar-refractivity contribution in [2.24, 2.45) is 0 Å². The molecule has 200 valence electrons. The number of carbonyl (C=O) groups is 2. The van der Waals surface area contributed by atoms with Crippen LogP contribution in [0.3, 0.4) is 0 Å². The molecular formula is C33H29FN3O3+. The highest BCUT2D eigenvalue weighted by molar-refractivity contribution is 6.09. The zero-order valence-electron chi connectivity index (χ0n) is 22.1. The number of nitrogens with one attached hydrogen (secondary N) is 2. The number of allylic oxidation sites excluding steroid dienone is 4. The summed E-state index contributed by atoms with van der Waals surface area (Å²) in [6.07, 6.45) is 10.2. The summed E-state index contributed by atoms with van der Waals surface area (Å²) in [6, 6.07) is 19.5. The summed E-state index contributed by atoms with van der Waals surface area (Å²) in [5.41, 5.74) is 6.03. The minimum atomic E-state index is -0.692. The largest absolute Gasteiger partial charge is 0.365 e. The fraction of sp³-hybridized carbons (Fsp3) is 0.152. The number of rotatable bonds is 4. The van der Waals surface area contributed by atoms with Crippen LogP contribution in [-0.2, 0) is 4.74 Å². The lowest BCUT2D eigenvalue weighted by molar-refractivity contribution is -0.779. The molecule has 1 atom stereocenters. The predicted octanol–water partition coefficient (Wildman–Crippen LogP) is 6.21. The molecule has 40 heavy (non-hydrogen) atoms. The molecule has 0 bridgehead atoms. The Hall–Kier alpha value is -4.59. The number of hydrogen-bond donors (Lipinski definition) is 2. The van der Waals surface area contributed by atoms with Gasteiger partial charge in [-0.3, -0.25) is 4.79 Å². The van der Waals surface area contributed by atoms with Crippen LogP contribution in [0.25, 0.3) is 11.1 Å². The first kappa shape index (κ1) is 25.7. The van der Waals surface area contributed by atoms with E-state index in [2.05, 4.69) is 10.6 Å². The summed E-state index contributed by atoms with van der Waals surface area (Å²) in [5, 5.41) is 5.98. The van der Waals surface area contributed by atoms with Gasteiger partial charge in [0, 0.05) is 29.1 Å². The van der Waals surface area contributed by atoms with Crippen LogP contribution in [0.15, 0.2) is 114 Å². The van der Waals surface area contributed by atoms with Crippen LogP contribution >= 0.6 is 0 Å². The molecular weight excluding hydrogens is 505 g/mol. The number of benzene rings is 3. The van der Waals surface area contributed by atoms with Crippen molar-refractivity contribution in [3.63, 3.8) is 0 Å². The second kappa shape index (κ2) is 10.5. The summed E-state index contributed by atoms with van der Waals surface area (Å²) in [7, 11) is 0. The lowest BCUT2D eigenvalue weighted by Crippen LogP contribution is -2.56. The van der Waals surface area contributed by atoms with Gasteiger partial charge in [-0.25, -0.2) is 9.18 Å². The van der Waals surface area contributed by atoms with Crippen LogP contribution in [0.2, 0.25) is 0 Å². The molecule has 0 saturated carbocycles. The highest BCUT2D eigenvalue weighted by Gasteiger charge is 2.50. The van der Waals surface area contributed by atoms with Crippen molar-refractivity contribution >= 4 is 17.5 Å². The van der Waals surface area contributed by atoms with Gasteiger partial charge in [0.1, 0.15) is 24.5 Å². The number of carbonyl (C=O) groups excluding carboxylic acids is 2. The van der Waals surface area contributed by atoms with Crippen molar-refractivity contribution in [1.82, 2.24) is 5.32 Å². The molecule has 2 aliphatic heterocycles. The van der Waals surface area contributed by atoms with Gasteiger partial charge >= 0.3 is 5.91 Å². The number of nitrogens with zero attached hydrogens (tertiary/aromatic N) is 1. The first-order valence-corrected chi connectivity index (χ1v) is 13.3. The number of quaternary nitrogens is 1. The number of ether oxygens (including phenoxy) is 1. The lowest BCUT2D eigenvalue weighted by atomic mass is 9.98. The maximum Gasteiger partial charge on any atom is 0.358 e. The Morgan fingerprint density at radius 3 is 2.65 bits per heavy atom. The molecule has 6 rings (SSSR count). The summed E-state index contributed by atoms with van der Waals surface area (Å²) >= 11 is 0. The Morgan fingerprint density at radius 1 is 1.00 bits per heavy atom. The van der Waals surface area contributed by atoms with Gasteiger partial charge in [0.2, 0.25) is 0 Å². The van der Waals surface area contributed by atoms with E-state index >= 15 is 4.39 Å². The van der Waals surface area contributed by atoms with Crippen molar-refractivity contribution in [1.29, 1.82) is 0 Å². The van der Waals surface area contributed by atoms with E-state index in [1.165, 1.54) is 12.1 Å². The van der Waals surface area contributed by atoms with Crippen molar-refractivity contribution in [2.45, 2.75) is 13.3 Å². The number of fused-ring (bicyclic) bond motifs is 3. The minimum Gasteiger partial charge on any atom is -0.365 e. The van der Waals surface area contributed by atoms with E-state index in [4.69, 9.17) is 4.74 Å². The molecule has 3 aromatic rings. The average Bonchev–Trinajstić information content (AvgIpc) is 3.15. The van der Waals surface area contributed by atoms with E-state index < -0.39 is 5.82 Å². The van der Waals surface area contributed by atoms with E-state index in [-0.39, 0.29) is 34.2 Å². The van der Waals surface area contributed by atoms with E-state index in [0.717, 1.165) is 28.0 Å². The molecule has 2 heterocycles. The number of halogens is 1. The van der Waals surface area contributed by atoms with Gasteiger partial charge in [0.05, 0.1) is 12.8 Å². The van der Waals surface area contributed by atoms with Crippen molar-refractivity contribution in [3.8, 4) is 11.1 Å². The van der Waals surface area contributed by atoms with E-state index in [9.17, 15) is 9.59 Å². The van der Waals surface area contributed by atoms with Crippen LogP contribution < -0.4 is 10.6 Å². The van der Waals surface area contributed by atoms with Gasteiger partial charge in [-0.2, -0.15) is 4.48 Å². The fourth-order valence-corrected chi connectivity index (χ4v) is 5.55. The monoisotopic (exact) mass is 534 g/mol. The van der Waals surface area contributed by atoms with Gasteiger partial charge in [-0.15, -0.1) is 0 Å². The molecule has 3 aromatic carbocycles. The highest BCUT2D eigenvalue weighted by atomic mass is 19.1. The van der Waals surface area contributed by atoms with E-state index in [1.54, 1.807) is 24.4 Å². The van der Waals surface area contributed by atoms with E-state index in [0.29, 0.717) is 30.8 Å². The third-order valence-electron chi connectivity index (χ3n) is 7.63. The van der Waals surface area contributed by atoms with Crippen molar-refractivity contribution < 1.29 is 23.2 Å². The first-order valence-electron chi connectivity index (χ1n) is 13.3. The van der Waals surface area contributed by atoms with Crippen LogP contribution in [0.5, 0.6) is 0 Å². The SMILES string of the molecule is Cc1ccc(-c2ccccc2C(=O)Nc2ccc(C(=O)[N+]34CCOCC3=CNC=C3CC=CC=C34)c(F)c2)cc1. The zero-order valence-corrected chi connectivity index (χ0v) is 22.1. The molecule has 2 N–H and O–H groups in total. The predicted molar refractivity (Wildman–Crippen MR) is 152 cm³/mol. The van der Waals surface area contributed by atoms with Gasteiger partial charge in [0.15, 0.2) is 11.4 Å². The molecule has 1 saturated heterocycles. The first-order chi connectivity index (χ1) is 19.5. The molecule has 7 heteroatoms. The summed E-state index contributed by atoms with van der Waals surface area (Å²) < 4.78 is 21.2. The number of aryl methyl sites for hydroxylation is 1. The topological polar surface area (TPSA) is 67.4 Å². The number of anilines is 1. The minimum absolute atomic E-state index is 0.0393. The zero-order chi connectivity index (χ0) is 27.7. The lowest BCUT2D eigenvalue weighted by Gasteiger charge is -2.41. The maximum absolute atomic E-state index is 15.7. The number of amides is 2. The summed E-state index contributed by atoms with van der Waals surface area (Å²) in [5.74, 6) is -1.42. The molecule has 0 aromatic heterocycles. The Balaban J connectivity index is 1.31. The van der Waals surface area contributed by atoms with Crippen LogP contribution in [0.4, 0.5) is 10.1 Å².